The first-order valence-electron chi connectivity index (χ1n) is 6.46. The molecule has 22 heavy (non-hydrogen) atoms. The van der Waals surface area contributed by atoms with E-state index in [9.17, 15) is 14.4 Å². The van der Waals surface area contributed by atoms with Crippen LogP contribution in [0.4, 0.5) is 5.88 Å². The lowest BCUT2D eigenvalue weighted by atomic mass is 10.2. The Hall–Kier alpha value is -2.47. The number of benzene rings is 1. The second kappa shape index (κ2) is 7.00. The molecule has 0 amide bonds. The Bertz CT molecular complexity index is 809. The lowest BCUT2D eigenvalue weighted by Crippen LogP contribution is -2.08. The number of rotatable bonds is 5. The van der Waals surface area contributed by atoms with Crippen molar-refractivity contribution in [3.63, 3.8) is 0 Å². The maximum atomic E-state index is 12.2. The van der Waals surface area contributed by atoms with E-state index in [2.05, 4.69) is 4.99 Å². The number of esters is 1. The maximum absolute atomic E-state index is 12.2. The minimum absolute atomic E-state index is 0.0888. The van der Waals surface area contributed by atoms with E-state index in [0.29, 0.717) is 11.3 Å². The smallest absolute Gasteiger partial charge is 0.311 e. The van der Waals surface area contributed by atoms with E-state index in [4.69, 9.17) is 20.8 Å². The summed E-state index contributed by atoms with van der Waals surface area (Å²) in [6.45, 7) is 1.95. The Kier molecular flexibility index (Phi) is 5.06. The summed E-state index contributed by atoms with van der Waals surface area (Å²) in [4.78, 5) is 38.4. The van der Waals surface area contributed by atoms with Crippen LogP contribution in [0.5, 0.6) is 0 Å². The molecule has 1 aromatic heterocycles. The van der Waals surface area contributed by atoms with E-state index in [0.717, 1.165) is 0 Å². The highest BCUT2D eigenvalue weighted by Crippen LogP contribution is 2.23. The minimum atomic E-state index is -0.526. The van der Waals surface area contributed by atoms with E-state index >= 15 is 0 Å². The third-order valence-corrected chi connectivity index (χ3v) is 2.99. The van der Waals surface area contributed by atoms with Crippen molar-refractivity contribution in [1.82, 2.24) is 0 Å². The summed E-state index contributed by atoms with van der Waals surface area (Å²) in [7, 11) is 0. The van der Waals surface area contributed by atoms with E-state index < -0.39 is 11.4 Å². The van der Waals surface area contributed by atoms with Gasteiger partial charge in [-0.05, 0) is 25.1 Å². The molecule has 0 spiro atoms. The zero-order valence-electron chi connectivity index (χ0n) is 11.7. The van der Waals surface area contributed by atoms with Crippen molar-refractivity contribution >= 4 is 46.9 Å². The molecule has 0 aliphatic heterocycles. The molecule has 0 saturated carbocycles. The van der Waals surface area contributed by atoms with Gasteiger partial charge in [0.05, 0.1) is 18.4 Å². The Morgan fingerprint density at radius 3 is 2.91 bits per heavy atom. The number of aldehydes is 1. The average Bonchev–Trinajstić information content (AvgIpc) is 2.49. The largest absolute Gasteiger partial charge is 0.466 e. The fourth-order valence-corrected chi connectivity index (χ4v) is 1.96. The molecule has 0 radical (unpaired) electrons. The molecule has 0 aliphatic rings. The Morgan fingerprint density at radius 1 is 1.45 bits per heavy atom. The Balaban J connectivity index is 2.43. The second-order valence-electron chi connectivity index (χ2n) is 4.23. The van der Waals surface area contributed by atoms with Gasteiger partial charge in [-0.2, -0.15) is 0 Å². The number of aliphatic imine (C=N–C) groups is 1. The summed E-state index contributed by atoms with van der Waals surface area (Å²) >= 11 is 5.82. The summed E-state index contributed by atoms with van der Waals surface area (Å²) < 4.78 is 10.2. The first kappa shape index (κ1) is 15.9. The molecular weight excluding hydrogens is 310 g/mol. The number of fused-ring (bicyclic) bond motifs is 1. The van der Waals surface area contributed by atoms with Gasteiger partial charge in [-0.25, -0.2) is 4.99 Å². The van der Waals surface area contributed by atoms with Gasteiger partial charge in [0.25, 0.3) is 0 Å². The van der Waals surface area contributed by atoms with Crippen LogP contribution in [0.3, 0.4) is 0 Å². The van der Waals surface area contributed by atoms with Crippen molar-refractivity contribution in [2.45, 2.75) is 13.3 Å². The third kappa shape index (κ3) is 3.40. The van der Waals surface area contributed by atoms with Crippen molar-refractivity contribution in [2.24, 2.45) is 4.99 Å². The lowest BCUT2D eigenvalue weighted by molar-refractivity contribution is -0.141. The standard InChI is InChI=1S/C15H12ClNO5/c1-2-21-13(19)5-6-17-15-11(8-18)14(20)10-7-9(16)3-4-12(10)22-15/h3-4,6-8H,2,5H2,1H3. The summed E-state index contributed by atoms with van der Waals surface area (Å²) in [6.07, 6.45) is 1.50. The van der Waals surface area contributed by atoms with Crippen molar-refractivity contribution in [3.8, 4) is 0 Å². The predicted octanol–water partition coefficient (Wildman–Crippen LogP) is 2.91. The van der Waals surface area contributed by atoms with Crippen LogP contribution in [0.2, 0.25) is 5.02 Å². The Labute approximate surface area is 130 Å². The first-order chi connectivity index (χ1) is 10.6. The molecule has 0 aliphatic carbocycles. The van der Waals surface area contributed by atoms with Gasteiger partial charge in [0.2, 0.25) is 11.3 Å². The molecule has 0 fully saturated rings. The first-order valence-corrected chi connectivity index (χ1v) is 6.84. The van der Waals surface area contributed by atoms with Crippen molar-refractivity contribution in [3.05, 3.63) is 39.0 Å². The number of hydrogen-bond acceptors (Lipinski definition) is 6. The molecule has 0 N–H and O–H groups in total. The van der Waals surface area contributed by atoms with Crippen LogP contribution >= 0.6 is 11.6 Å². The number of carbonyl (C=O) groups is 2. The van der Waals surface area contributed by atoms with Crippen molar-refractivity contribution in [1.29, 1.82) is 0 Å². The van der Waals surface area contributed by atoms with E-state index in [1.54, 1.807) is 13.0 Å². The van der Waals surface area contributed by atoms with Gasteiger partial charge in [0, 0.05) is 11.2 Å². The molecular formula is C15H12ClNO5. The van der Waals surface area contributed by atoms with Crippen LogP contribution in [0.15, 0.2) is 32.4 Å². The second-order valence-corrected chi connectivity index (χ2v) is 4.67. The van der Waals surface area contributed by atoms with Crippen molar-refractivity contribution < 1.29 is 18.7 Å². The zero-order valence-corrected chi connectivity index (χ0v) is 12.4. The van der Waals surface area contributed by atoms with Crippen LogP contribution in [0.1, 0.15) is 23.7 Å². The molecule has 6 nitrogen and oxygen atoms in total. The summed E-state index contributed by atoms with van der Waals surface area (Å²) in [5.41, 5.74) is -0.500. The normalized spacial score (nSPS) is 11.0. The predicted molar refractivity (Wildman–Crippen MR) is 82.3 cm³/mol. The summed E-state index contributed by atoms with van der Waals surface area (Å²) in [5.74, 6) is -0.618. The summed E-state index contributed by atoms with van der Waals surface area (Å²) in [5, 5.41) is 0.550. The number of hydrogen-bond donors (Lipinski definition) is 0. The van der Waals surface area contributed by atoms with Gasteiger partial charge in [-0.15, -0.1) is 0 Å². The van der Waals surface area contributed by atoms with Crippen LogP contribution in [-0.2, 0) is 9.53 Å². The quantitative estimate of drug-likeness (QED) is 0.480. The Morgan fingerprint density at radius 2 is 2.23 bits per heavy atom. The van der Waals surface area contributed by atoms with Crippen molar-refractivity contribution in [2.75, 3.05) is 6.61 Å². The van der Waals surface area contributed by atoms with Gasteiger partial charge >= 0.3 is 5.97 Å². The molecule has 2 rings (SSSR count). The lowest BCUT2D eigenvalue weighted by Gasteiger charge is -2.02. The highest BCUT2D eigenvalue weighted by molar-refractivity contribution is 6.31. The van der Waals surface area contributed by atoms with Crippen LogP contribution in [0.25, 0.3) is 11.0 Å². The molecule has 114 valence electrons. The molecule has 0 bridgehead atoms. The molecule has 1 heterocycles. The maximum Gasteiger partial charge on any atom is 0.311 e. The van der Waals surface area contributed by atoms with Gasteiger partial charge in [0.15, 0.2) is 6.29 Å². The highest BCUT2D eigenvalue weighted by atomic mass is 35.5. The SMILES string of the molecule is CCOC(=O)CC=Nc1oc2ccc(Cl)cc2c(=O)c1C=O. The topological polar surface area (TPSA) is 85.9 Å². The fourth-order valence-electron chi connectivity index (χ4n) is 1.79. The molecule has 1 aromatic carbocycles. The van der Waals surface area contributed by atoms with Gasteiger partial charge in [-0.3, -0.25) is 14.4 Å². The van der Waals surface area contributed by atoms with Gasteiger partial charge < -0.3 is 9.15 Å². The van der Waals surface area contributed by atoms with E-state index in [1.165, 1.54) is 18.3 Å². The molecule has 0 atom stereocenters. The minimum Gasteiger partial charge on any atom is -0.466 e. The van der Waals surface area contributed by atoms with Crippen LogP contribution < -0.4 is 5.43 Å². The number of carbonyl (C=O) groups excluding carboxylic acids is 2. The van der Waals surface area contributed by atoms with Crippen LogP contribution in [-0.4, -0.2) is 25.1 Å². The molecule has 2 aromatic rings. The van der Waals surface area contributed by atoms with E-state index in [-0.39, 0.29) is 35.4 Å². The molecule has 0 unspecified atom stereocenters. The molecule has 7 heteroatoms. The zero-order chi connectivity index (χ0) is 16.1. The number of halogens is 1. The monoisotopic (exact) mass is 321 g/mol. The van der Waals surface area contributed by atoms with Gasteiger partial charge in [-0.1, -0.05) is 11.6 Å². The highest BCUT2D eigenvalue weighted by Gasteiger charge is 2.13. The van der Waals surface area contributed by atoms with Gasteiger partial charge in [0.1, 0.15) is 11.1 Å². The van der Waals surface area contributed by atoms with E-state index in [1.807, 2.05) is 0 Å². The number of ether oxygens (including phenoxy) is 1. The third-order valence-electron chi connectivity index (χ3n) is 2.76. The fraction of sp³-hybridized carbons (Fsp3) is 0.200. The summed E-state index contributed by atoms with van der Waals surface area (Å²) in [6, 6.07) is 4.49. The molecule has 0 saturated heterocycles. The van der Waals surface area contributed by atoms with Crippen LogP contribution in [0, 0.1) is 0 Å². The number of nitrogens with zero attached hydrogens (tertiary/aromatic N) is 1. The average molecular weight is 322 g/mol.